The lowest BCUT2D eigenvalue weighted by molar-refractivity contribution is 0.0705. The Morgan fingerprint density at radius 2 is 1.90 bits per heavy atom. The summed E-state index contributed by atoms with van der Waals surface area (Å²) in [6, 6.07) is 14.7. The van der Waals surface area contributed by atoms with Crippen molar-refractivity contribution in [3.05, 3.63) is 76.8 Å². The maximum Gasteiger partial charge on any atom is 0.255 e. The van der Waals surface area contributed by atoms with E-state index < -0.39 is 0 Å². The molecule has 1 amide bonds. The Balaban J connectivity index is 1.63. The van der Waals surface area contributed by atoms with Crippen molar-refractivity contribution in [1.29, 1.82) is 0 Å². The van der Waals surface area contributed by atoms with Gasteiger partial charge in [-0.05, 0) is 44.0 Å². The molecule has 1 fully saturated rings. The Bertz CT molecular complexity index is 1100. The molecule has 0 N–H and O–H groups in total. The highest BCUT2D eigenvalue weighted by Gasteiger charge is 2.30. The first kappa shape index (κ1) is 20.8. The van der Waals surface area contributed by atoms with Crippen LogP contribution in [0.4, 0.5) is 5.95 Å². The Labute approximate surface area is 182 Å². The quantitative estimate of drug-likeness (QED) is 0.638. The van der Waals surface area contributed by atoms with Crippen LogP contribution in [0.25, 0.3) is 11.3 Å². The fourth-order valence-electron chi connectivity index (χ4n) is 4.17. The molecule has 1 atom stereocenters. The van der Waals surface area contributed by atoms with E-state index in [1.807, 2.05) is 47.4 Å². The third-order valence-electron chi connectivity index (χ3n) is 5.83. The van der Waals surface area contributed by atoms with Crippen molar-refractivity contribution >= 4 is 11.9 Å². The zero-order chi connectivity index (χ0) is 21.8. The highest BCUT2D eigenvalue weighted by molar-refractivity contribution is 5.94. The monoisotopic (exact) mass is 417 g/mol. The number of pyridine rings is 1. The molecule has 0 aliphatic carbocycles. The number of piperidine rings is 1. The third-order valence-corrected chi connectivity index (χ3v) is 5.83. The molecule has 160 valence electrons. The summed E-state index contributed by atoms with van der Waals surface area (Å²) in [6.07, 6.45) is 5.25. The minimum absolute atomic E-state index is 0.0498. The summed E-state index contributed by atoms with van der Waals surface area (Å²) in [4.78, 5) is 38.6. The van der Waals surface area contributed by atoms with Crippen molar-refractivity contribution in [2.45, 2.75) is 25.8 Å². The van der Waals surface area contributed by atoms with Gasteiger partial charge in [0, 0.05) is 62.3 Å². The van der Waals surface area contributed by atoms with Gasteiger partial charge in [0.2, 0.25) is 5.95 Å². The maximum absolute atomic E-state index is 13.0. The van der Waals surface area contributed by atoms with Crippen LogP contribution in [0.3, 0.4) is 0 Å². The van der Waals surface area contributed by atoms with E-state index in [9.17, 15) is 9.59 Å². The first-order valence-corrected chi connectivity index (χ1v) is 10.7. The van der Waals surface area contributed by atoms with E-state index in [1.54, 1.807) is 30.1 Å². The summed E-state index contributed by atoms with van der Waals surface area (Å²) in [6.45, 7) is 4.10. The van der Waals surface area contributed by atoms with Crippen LogP contribution in [-0.4, -0.2) is 51.0 Å². The van der Waals surface area contributed by atoms with Gasteiger partial charge in [-0.25, -0.2) is 4.98 Å². The molecule has 1 aliphatic rings. The van der Waals surface area contributed by atoms with Crippen molar-refractivity contribution in [2.75, 3.05) is 24.5 Å². The average molecular weight is 418 g/mol. The number of rotatable bonds is 5. The van der Waals surface area contributed by atoms with Crippen LogP contribution in [0.1, 0.15) is 30.1 Å². The smallest absolute Gasteiger partial charge is 0.255 e. The van der Waals surface area contributed by atoms with Gasteiger partial charge < -0.3 is 9.80 Å². The Hall–Kier alpha value is -3.48. The van der Waals surface area contributed by atoms with Gasteiger partial charge in [-0.1, -0.05) is 18.2 Å². The second-order valence-electron chi connectivity index (χ2n) is 7.77. The lowest BCUT2D eigenvalue weighted by Crippen LogP contribution is -2.51. The van der Waals surface area contributed by atoms with E-state index >= 15 is 0 Å². The summed E-state index contributed by atoms with van der Waals surface area (Å²) in [5.74, 6) is 0.676. The summed E-state index contributed by atoms with van der Waals surface area (Å²) in [5.41, 5.74) is 2.08. The van der Waals surface area contributed by atoms with Crippen molar-refractivity contribution in [3.8, 4) is 11.3 Å². The summed E-state index contributed by atoms with van der Waals surface area (Å²) in [7, 11) is 1.75. The normalized spacial score (nSPS) is 16.2. The first-order chi connectivity index (χ1) is 15.1. The zero-order valence-electron chi connectivity index (χ0n) is 17.9. The molecule has 0 saturated carbocycles. The number of likely N-dealkylation sites (tertiary alicyclic amines) is 1. The molecule has 0 spiro atoms. The molecule has 1 saturated heterocycles. The molecule has 1 aromatic carbocycles. The molecule has 3 aromatic rings. The van der Waals surface area contributed by atoms with Gasteiger partial charge in [-0.3, -0.25) is 19.1 Å². The number of hydrogen-bond donors (Lipinski definition) is 0. The second kappa shape index (κ2) is 9.12. The molecule has 2 aromatic heterocycles. The Kier molecular flexibility index (Phi) is 6.11. The molecule has 1 aliphatic heterocycles. The number of benzene rings is 1. The van der Waals surface area contributed by atoms with Gasteiger partial charge in [0.1, 0.15) is 0 Å². The highest BCUT2D eigenvalue weighted by Crippen LogP contribution is 2.24. The number of anilines is 1. The predicted octanol–water partition coefficient (Wildman–Crippen LogP) is 2.97. The minimum atomic E-state index is -0.108. The number of carbonyl (C=O) groups excluding carboxylic acids is 1. The van der Waals surface area contributed by atoms with Gasteiger partial charge in [0.25, 0.3) is 11.5 Å². The van der Waals surface area contributed by atoms with Crippen LogP contribution in [0.5, 0.6) is 0 Å². The van der Waals surface area contributed by atoms with Gasteiger partial charge in [0.05, 0.1) is 5.69 Å². The largest absolute Gasteiger partial charge is 0.338 e. The third kappa shape index (κ3) is 4.35. The Morgan fingerprint density at radius 1 is 1.16 bits per heavy atom. The van der Waals surface area contributed by atoms with Crippen LogP contribution >= 0.6 is 0 Å². The van der Waals surface area contributed by atoms with Gasteiger partial charge in [-0.2, -0.15) is 0 Å². The SMILES string of the molecule is CCN(c1nc(-c2ccncc2)cc(=O)n1C)C1CCCN(C(=O)c2ccccc2)C1. The summed E-state index contributed by atoms with van der Waals surface area (Å²) >= 11 is 0. The standard InChI is InChI=1S/C24H27N5O2/c1-3-29(20-10-7-15-28(17-20)23(31)19-8-5-4-6-9-19)24-26-21(16-22(30)27(24)2)18-11-13-25-14-12-18/h4-6,8-9,11-14,16,20H,3,7,10,15,17H2,1-2H3. The number of likely N-dealkylation sites (N-methyl/N-ethyl adjacent to an activating group) is 1. The van der Waals surface area contributed by atoms with Crippen LogP contribution in [-0.2, 0) is 7.05 Å². The molecule has 4 rings (SSSR count). The van der Waals surface area contributed by atoms with Crippen molar-refractivity contribution in [3.63, 3.8) is 0 Å². The number of carbonyl (C=O) groups is 1. The van der Waals surface area contributed by atoms with Gasteiger partial charge in [-0.15, -0.1) is 0 Å². The van der Waals surface area contributed by atoms with E-state index in [2.05, 4.69) is 16.8 Å². The molecule has 1 unspecified atom stereocenters. The fraction of sp³-hybridized carbons (Fsp3) is 0.333. The molecular weight excluding hydrogens is 390 g/mol. The second-order valence-corrected chi connectivity index (χ2v) is 7.77. The lowest BCUT2D eigenvalue weighted by Gasteiger charge is -2.40. The topological polar surface area (TPSA) is 71.3 Å². The number of hydrogen-bond acceptors (Lipinski definition) is 5. The van der Waals surface area contributed by atoms with E-state index in [-0.39, 0.29) is 17.5 Å². The lowest BCUT2D eigenvalue weighted by atomic mass is 10.0. The van der Waals surface area contributed by atoms with E-state index in [0.29, 0.717) is 30.3 Å². The molecule has 31 heavy (non-hydrogen) atoms. The highest BCUT2D eigenvalue weighted by atomic mass is 16.2. The first-order valence-electron chi connectivity index (χ1n) is 10.7. The Morgan fingerprint density at radius 3 is 2.61 bits per heavy atom. The maximum atomic E-state index is 13.0. The van der Waals surface area contributed by atoms with E-state index in [0.717, 1.165) is 24.9 Å². The molecular formula is C24H27N5O2. The molecule has 3 heterocycles. The molecule has 7 heteroatoms. The number of amides is 1. The zero-order valence-corrected chi connectivity index (χ0v) is 17.9. The predicted molar refractivity (Wildman–Crippen MR) is 121 cm³/mol. The van der Waals surface area contributed by atoms with Gasteiger partial charge >= 0.3 is 0 Å². The van der Waals surface area contributed by atoms with E-state index in [4.69, 9.17) is 4.98 Å². The molecule has 0 radical (unpaired) electrons. The van der Waals surface area contributed by atoms with Gasteiger partial charge in [0.15, 0.2) is 0 Å². The average Bonchev–Trinajstić information content (AvgIpc) is 2.83. The van der Waals surface area contributed by atoms with Crippen LogP contribution in [0.15, 0.2) is 65.7 Å². The van der Waals surface area contributed by atoms with Crippen molar-refractivity contribution in [1.82, 2.24) is 19.4 Å². The van der Waals surface area contributed by atoms with Crippen LogP contribution in [0, 0.1) is 0 Å². The summed E-state index contributed by atoms with van der Waals surface area (Å²) < 4.78 is 1.59. The fourth-order valence-corrected chi connectivity index (χ4v) is 4.17. The van der Waals surface area contributed by atoms with Crippen LogP contribution in [0.2, 0.25) is 0 Å². The molecule has 0 bridgehead atoms. The van der Waals surface area contributed by atoms with E-state index in [1.165, 1.54) is 0 Å². The summed E-state index contributed by atoms with van der Waals surface area (Å²) in [5, 5.41) is 0. The minimum Gasteiger partial charge on any atom is -0.338 e. The molecule has 7 nitrogen and oxygen atoms in total. The number of aromatic nitrogens is 3. The van der Waals surface area contributed by atoms with Crippen LogP contribution < -0.4 is 10.5 Å². The van der Waals surface area contributed by atoms with Crippen molar-refractivity contribution < 1.29 is 4.79 Å². The number of nitrogens with zero attached hydrogens (tertiary/aromatic N) is 5. The van der Waals surface area contributed by atoms with Crippen molar-refractivity contribution in [2.24, 2.45) is 7.05 Å².